The van der Waals surface area contributed by atoms with Crippen LogP contribution in [0.5, 0.6) is 0 Å². The van der Waals surface area contributed by atoms with E-state index in [2.05, 4.69) is 229 Å². The van der Waals surface area contributed by atoms with Gasteiger partial charge in [0.05, 0.1) is 0 Å². The molecule has 1 heterocycles. The summed E-state index contributed by atoms with van der Waals surface area (Å²) < 4.78 is 2.68. The van der Waals surface area contributed by atoms with Gasteiger partial charge in [-0.25, -0.2) is 0 Å². The number of rotatable bonds is 7. The predicted molar refractivity (Wildman–Crippen MR) is 251 cm³/mol. The molecule has 272 valence electrons. The summed E-state index contributed by atoms with van der Waals surface area (Å²) in [4.78, 5) is 2.36. The van der Waals surface area contributed by atoms with Crippen LogP contribution in [0.3, 0.4) is 0 Å². The average Bonchev–Trinajstić information content (AvgIpc) is 3.70. The van der Waals surface area contributed by atoms with Gasteiger partial charge < -0.3 is 4.90 Å². The van der Waals surface area contributed by atoms with Crippen molar-refractivity contribution in [3.8, 4) is 44.5 Å². The van der Waals surface area contributed by atoms with Crippen LogP contribution in [0.15, 0.2) is 224 Å². The Hall–Kier alpha value is -7.26. The Morgan fingerprint density at radius 1 is 0.259 bits per heavy atom. The highest BCUT2D eigenvalue weighted by Crippen LogP contribution is 2.45. The van der Waals surface area contributed by atoms with Crippen LogP contribution < -0.4 is 4.90 Å². The summed E-state index contributed by atoms with van der Waals surface area (Å²) in [6.07, 6.45) is 0. The minimum absolute atomic E-state index is 1.11. The van der Waals surface area contributed by atoms with Gasteiger partial charge in [0, 0.05) is 42.6 Å². The Kier molecular flexibility index (Phi) is 8.42. The van der Waals surface area contributed by atoms with E-state index in [1.54, 1.807) is 0 Å². The summed E-state index contributed by atoms with van der Waals surface area (Å²) in [5.41, 5.74) is 13.1. The van der Waals surface area contributed by atoms with Crippen molar-refractivity contribution >= 4 is 70.1 Å². The van der Waals surface area contributed by atoms with E-state index in [1.807, 2.05) is 11.3 Å². The molecule has 1 nitrogen and oxygen atoms in total. The summed E-state index contributed by atoms with van der Waals surface area (Å²) >= 11 is 1.92. The predicted octanol–water partition coefficient (Wildman–Crippen LogP) is 16.5. The van der Waals surface area contributed by atoms with Gasteiger partial charge in [0.1, 0.15) is 0 Å². The zero-order chi connectivity index (χ0) is 38.4. The highest BCUT2D eigenvalue weighted by atomic mass is 32.1. The normalized spacial score (nSPS) is 11.4. The van der Waals surface area contributed by atoms with Crippen LogP contribution in [0, 0.1) is 0 Å². The third kappa shape index (κ3) is 6.03. The molecule has 0 radical (unpaired) electrons. The zero-order valence-electron chi connectivity index (χ0n) is 31.7. The molecule has 0 bridgehead atoms. The van der Waals surface area contributed by atoms with Gasteiger partial charge in [-0.1, -0.05) is 188 Å². The molecule has 0 atom stereocenters. The summed E-state index contributed by atoms with van der Waals surface area (Å²) in [7, 11) is 0. The fraction of sp³-hybridized carbons (Fsp3) is 0. The Morgan fingerprint density at radius 3 is 1.24 bits per heavy atom. The van der Waals surface area contributed by atoms with E-state index in [9.17, 15) is 0 Å². The molecule has 10 aromatic carbocycles. The number of hydrogen-bond donors (Lipinski definition) is 0. The van der Waals surface area contributed by atoms with Gasteiger partial charge in [0.2, 0.25) is 0 Å². The molecule has 0 N–H and O–H groups in total. The maximum Gasteiger partial charge on any atom is 0.0462 e. The van der Waals surface area contributed by atoms with Gasteiger partial charge in [0.25, 0.3) is 0 Å². The van der Waals surface area contributed by atoms with Crippen LogP contribution in [0.4, 0.5) is 17.1 Å². The van der Waals surface area contributed by atoms with Crippen molar-refractivity contribution in [3.05, 3.63) is 224 Å². The molecule has 11 rings (SSSR count). The quantitative estimate of drug-likeness (QED) is 0.146. The van der Waals surface area contributed by atoms with E-state index in [1.165, 1.54) is 86.2 Å². The molecule has 0 amide bonds. The molecule has 11 aromatic rings. The topological polar surface area (TPSA) is 3.24 Å². The summed E-state index contributed by atoms with van der Waals surface area (Å²) in [6.45, 7) is 0. The highest BCUT2D eigenvalue weighted by molar-refractivity contribution is 7.27. The van der Waals surface area contributed by atoms with Crippen LogP contribution in [0.1, 0.15) is 0 Å². The fourth-order valence-corrected chi connectivity index (χ4v) is 9.94. The smallest absolute Gasteiger partial charge is 0.0462 e. The second kappa shape index (κ2) is 14.4. The molecule has 0 unspecified atom stereocenters. The van der Waals surface area contributed by atoms with Gasteiger partial charge >= 0.3 is 0 Å². The van der Waals surface area contributed by atoms with E-state index in [0.717, 1.165) is 17.1 Å². The Bertz CT molecular complexity index is 3220. The highest BCUT2D eigenvalue weighted by Gasteiger charge is 2.17. The number of benzene rings is 10. The molecule has 0 aliphatic rings. The fourth-order valence-electron chi connectivity index (χ4n) is 8.53. The van der Waals surface area contributed by atoms with E-state index in [4.69, 9.17) is 0 Å². The van der Waals surface area contributed by atoms with Crippen molar-refractivity contribution in [2.45, 2.75) is 0 Å². The lowest BCUT2D eigenvalue weighted by Gasteiger charge is -2.26. The SMILES string of the molecule is c1ccc(-c2ccc(-c3ccc(N(c4ccc(-c5ccccc5)cc4)c4ccc(-c5cccc6c5sc5c6ccc6ccc7ccccc7c65)cc4)cc3)cc2)cc1. The van der Waals surface area contributed by atoms with E-state index in [0.29, 0.717) is 0 Å². The third-order valence-electron chi connectivity index (χ3n) is 11.5. The van der Waals surface area contributed by atoms with Crippen LogP contribution in [0.2, 0.25) is 0 Å². The first-order valence-corrected chi connectivity index (χ1v) is 20.6. The second-order valence-electron chi connectivity index (χ2n) is 14.9. The van der Waals surface area contributed by atoms with E-state index < -0.39 is 0 Å². The first-order chi connectivity index (χ1) is 28.7. The molecule has 58 heavy (non-hydrogen) atoms. The van der Waals surface area contributed by atoms with E-state index >= 15 is 0 Å². The van der Waals surface area contributed by atoms with Crippen molar-refractivity contribution in [3.63, 3.8) is 0 Å². The van der Waals surface area contributed by atoms with Crippen molar-refractivity contribution in [2.24, 2.45) is 0 Å². The van der Waals surface area contributed by atoms with Crippen molar-refractivity contribution in [1.29, 1.82) is 0 Å². The van der Waals surface area contributed by atoms with Gasteiger partial charge in [-0.2, -0.15) is 0 Å². The van der Waals surface area contributed by atoms with E-state index in [-0.39, 0.29) is 0 Å². The molecule has 2 heteroatoms. The Balaban J connectivity index is 0.975. The minimum atomic E-state index is 1.11. The molecule has 0 saturated heterocycles. The monoisotopic (exact) mass is 755 g/mol. The van der Waals surface area contributed by atoms with Gasteiger partial charge in [-0.15, -0.1) is 11.3 Å². The summed E-state index contributed by atoms with van der Waals surface area (Å²) in [6, 6.07) is 81.6. The molecule has 0 saturated carbocycles. The summed E-state index contributed by atoms with van der Waals surface area (Å²) in [5, 5.41) is 7.86. The average molecular weight is 756 g/mol. The zero-order valence-corrected chi connectivity index (χ0v) is 32.5. The molecule has 0 aliphatic carbocycles. The largest absolute Gasteiger partial charge is 0.311 e. The molecule has 0 fully saturated rings. The second-order valence-corrected chi connectivity index (χ2v) is 15.9. The van der Waals surface area contributed by atoms with Gasteiger partial charge in [-0.3, -0.25) is 0 Å². The molecule has 1 aromatic heterocycles. The third-order valence-corrected chi connectivity index (χ3v) is 12.8. The van der Waals surface area contributed by atoms with Crippen LogP contribution in [-0.2, 0) is 0 Å². The van der Waals surface area contributed by atoms with Crippen LogP contribution in [-0.4, -0.2) is 0 Å². The molecular weight excluding hydrogens is 719 g/mol. The van der Waals surface area contributed by atoms with Crippen LogP contribution >= 0.6 is 11.3 Å². The van der Waals surface area contributed by atoms with Crippen molar-refractivity contribution in [2.75, 3.05) is 4.90 Å². The van der Waals surface area contributed by atoms with Gasteiger partial charge in [-0.05, 0) is 97.1 Å². The molecule has 0 aliphatic heterocycles. The van der Waals surface area contributed by atoms with Crippen molar-refractivity contribution < 1.29 is 0 Å². The Morgan fingerprint density at radius 2 is 0.672 bits per heavy atom. The van der Waals surface area contributed by atoms with Crippen molar-refractivity contribution in [1.82, 2.24) is 0 Å². The first kappa shape index (κ1) is 34.0. The maximum atomic E-state index is 2.36. The Labute approximate surface area is 342 Å². The summed E-state index contributed by atoms with van der Waals surface area (Å²) in [5.74, 6) is 0. The standard InChI is InChI=1S/C56H37NS/c1-3-10-38(11-4-1)40-18-20-41(21-19-40)43-26-33-48(34-27-43)57(47-31-24-42(25-32-47)39-12-5-2-6-13-39)49-35-28-45(29-36-49)51-16-9-17-52-53-37-30-46-23-22-44-14-7-8-15-50(44)54(46)56(53)58-55(51)52/h1-37H. The maximum absolute atomic E-state index is 2.36. The van der Waals surface area contributed by atoms with Gasteiger partial charge in [0.15, 0.2) is 0 Å². The minimum Gasteiger partial charge on any atom is -0.311 e. The number of fused-ring (bicyclic) bond motifs is 7. The lowest BCUT2D eigenvalue weighted by atomic mass is 9.98. The lowest BCUT2D eigenvalue weighted by Crippen LogP contribution is -2.09. The number of hydrogen-bond acceptors (Lipinski definition) is 2. The number of nitrogens with zero attached hydrogens (tertiary/aromatic N) is 1. The number of thiophene rings is 1. The number of anilines is 3. The van der Waals surface area contributed by atoms with Crippen LogP contribution in [0.25, 0.3) is 86.2 Å². The molecular formula is C56H37NS. The first-order valence-electron chi connectivity index (χ1n) is 19.8. The molecule has 0 spiro atoms. The lowest BCUT2D eigenvalue weighted by molar-refractivity contribution is 1.28.